The number of nitrogens with zero attached hydrogens (tertiary/aromatic N) is 2. The van der Waals surface area contributed by atoms with Gasteiger partial charge in [0.25, 0.3) is 5.56 Å². The van der Waals surface area contributed by atoms with Gasteiger partial charge >= 0.3 is 5.69 Å². The summed E-state index contributed by atoms with van der Waals surface area (Å²) in [7, 11) is 0. The Morgan fingerprint density at radius 2 is 2.00 bits per heavy atom. The van der Waals surface area contributed by atoms with Crippen molar-refractivity contribution in [3.63, 3.8) is 0 Å². The van der Waals surface area contributed by atoms with Crippen LogP contribution >= 0.6 is 15.9 Å². The Kier molecular flexibility index (Phi) is 5.08. The molecule has 2 rings (SSSR count). The van der Waals surface area contributed by atoms with Crippen molar-refractivity contribution in [1.29, 1.82) is 0 Å². The first-order valence-electron chi connectivity index (χ1n) is 6.48. The fraction of sp³-hybridized carbons (Fsp3) is 0.286. The molecule has 0 aliphatic rings. The van der Waals surface area contributed by atoms with Gasteiger partial charge in [-0.1, -0.05) is 12.1 Å². The van der Waals surface area contributed by atoms with Gasteiger partial charge in [0.05, 0.1) is 11.0 Å². The van der Waals surface area contributed by atoms with Crippen LogP contribution in [-0.2, 0) is 13.1 Å². The summed E-state index contributed by atoms with van der Waals surface area (Å²) in [5.74, 6) is -0.392. The lowest BCUT2D eigenvalue weighted by Gasteiger charge is -2.11. The van der Waals surface area contributed by atoms with Gasteiger partial charge < -0.3 is 5.73 Å². The number of hydrogen-bond acceptors (Lipinski definition) is 3. The Labute approximate surface area is 129 Å². The van der Waals surface area contributed by atoms with Crippen molar-refractivity contribution < 1.29 is 4.39 Å². The second-order valence-corrected chi connectivity index (χ2v) is 5.36. The summed E-state index contributed by atoms with van der Waals surface area (Å²) in [5, 5.41) is 0. The van der Waals surface area contributed by atoms with Crippen LogP contribution in [0, 0.1) is 5.82 Å². The van der Waals surface area contributed by atoms with Crippen molar-refractivity contribution in [1.82, 2.24) is 9.13 Å². The maximum atomic E-state index is 13.5. The molecule has 5 nitrogen and oxygen atoms in total. The summed E-state index contributed by atoms with van der Waals surface area (Å²) in [6, 6.07) is 5.95. The predicted octanol–water partition coefficient (Wildman–Crippen LogP) is 1.31. The molecule has 0 radical (unpaired) electrons. The third kappa shape index (κ3) is 3.48. The summed E-state index contributed by atoms with van der Waals surface area (Å²) in [5.41, 5.74) is 5.25. The lowest BCUT2D eigenvalue weighted by atomic mass is 10.2. The van der Waals surface area contributed by atoms with Crippen LogP contribution in [0.3, 0.4) is 0 Å². The highest BCUT2D eigenvalue weighted by Crippen LogP contribution is 2.20. The zero-order valence-electron chi connectivity index (χ0n) is 11.3. The van der Waals surface area contributed by atoms with E-state index in [1.165, 1.54) is 22.9 Å². The summed E-state index contributed by atoms with van der Waals surface area (Å²) < 4.78 is 16.3. The summed E-state index contributed by atoms with van der Waals surface area (Å²) >= 11 is 3.16. The van der Waals surface area contributed by atoms with Gasteiger partial charge in [-0.2, -0.15) is 0 Å². The van der Waals surface area contributed by atoms with Crippen LogP contribution in [0.4, 0.5) is 4.39 Å². The molecule has 0 bridgehead atoms. The molecule has 0 unspecified atom stereocenters. The van der Waals surface area contributed by atoms with Gasteiger partial charge in [0.15, 0.2) is 0 Å². The normalized spacial score (nSPS) is 10.8. The van der Waals surface area contributed by atoms with E-state index in [2.05, 4.69) is 15.9 Å². The largest absolute Gasteiger partial charge is 0.331 e. The fourth-order valence-electron chi connectivity index (χ4n) is 1.99. The Morgan fingerprint density at radius 3 is 2.71 bits per heavy atom. The maximum absolute atomic E-state index is 13.5. The van der Waals surface area contributed by atoms with Gasteiger partial charge in [0.2, 0.25) is 0 Å². The smallest absolute Gasteiger partial charge is 0.330 e. The number of rotatable bonds is 5. The van der Waals surface area contributed by atoms with Crippen molar-refractivity contribution in [2.75, 3.05) is 6.54 Å². The van der Waals surface area contributed by atoms with E-state index in [9.17, 15) is 14.0 Å². The van der Waals surface area contributed by atoms with Gasteiger partial charge in [-0.3, -0.25) is 13.9 Å². The molecule has 0 saturated heterocycles. The van der Waals surface area contributed by atoms with E-state index in [-0.39, 0.29) is 18.6 Å². The third-order valence-electron chi connectivity index (χ3n) is 3.10. The van der Waals surface area contributed by atoms with Crippen LogP contribution in [0.25, 0.3) is 0 Å². The average Bonchev–Trinajstić information content (AvgIpc) is 2.46. The van der Waals surface area contributed by atoms with Crippen molar-refractivity contribution >= 4 is 15.9 Å². The fourth-order valence-corrected chi connectivity index (χ4v) is 2.38. The molecule has 0 aliphatic carbocycles. The predicted molar refractivity (Wildman–Crippen MR) is 81.8 cm³/mol. The lowest BCUT2D eigenvalue weighted by molar-refractivity contribution is 0.552. The highest BCUT2D eigenvalue weighted by molar-refractivity contribution is 9.10. The highest BCUT2D eigenvalue weighted by Gasteiger charge is 2.09. The minimum atomic E-state index is -0.424. The molecule has 0 saturated carbocycles. The van der Waals surface area contributed by atoms with E-state index >= 15 is 0 Å². The third-order valence-corrected chi connectivity index (χ3v) is 3.99. The van der Waals surface area contributed by atoms with Crippen LogP contribution in [0.5, 0.6) is 0 Å². The highest BCUT2D eigenvalue weighted by atomic mass is 79.9. The Hall–Kier alpha value is -1.73. The molecule has 0 spiro atoms. The molecule has 7 heteroatoms. The zero-order valence-corrected chi connectivity index (χ0v) is 12.8. The minimum absolute atomic E-state index is 0.181. The van der Waals surface area contributed by atoms with Gasteiger partial charge in [-0.25, -0.2) is 9.18 Å². The van der Waals surface area contributed by atoms with Crippen LogP contribution in [0.1, 0.15) is 12.0 Å². The van der Waals surface area contributed by atoms with Crippen LogP contribution in [0.15, 0.2) is 44.5 Å². The maximum Gasteiger partial charge on any atom is 0.331 e. The standard InChI is InChI=1S/C14H15BrFN3O2/c15-13-10(3-1-4-11(13)16)9-18-8-5-12(20)19(14(18)21)7-2-6-17/h1,3-5,8H,2,6-7,9,17H2. The quantitative estimate of drug-likeness (QED) is 0.878. The summed E-state index contributed by atoms with van der Waals surface area (Å²) in [6.45, 7) is 0.857. The average molecular weight is 356 g/mol. The zero-order chi connectivity index (χ0) is 15.4. The second-order valence-electron chi connectivity index (χ2n) is 4.57. The Balaban J connectivity index is 2.39. The molecule has 112 valence electrons. The second kappa shape index (κ2) is 6.82. The molecule has 2 N–H and O–H groups in total. The Bertz CT molecular complexity index is 755. The molecule has 0 fully saturated rings. The van der Waals surface area contributed by atoms with Crippen molar-refractivity contribution in [2.24, 2.45) is 5.73 Å². The number of aromatic nitrogens is 2. The molecule has 0 atom stereocenters. The molecule has 1 aromatic carbocycles. The van der Waals surface area contributed by atoms with Crippen molar-refractivity contribution in [3.05, 3.63) is 67.2 Å². The molecular weight excluding hydrogens is 341 g/mol. The Morgan fingerprint density at radius 1 is 1.24 bits per heavy atom. The molecule has 0 aliphatic heterocycles. The summed E-state index contributed by atoms with van der Waals surface area (Å²) in [6.07, 6.45) is 1.96. The first-order chi connectivity index (χ1) is 10.0. The van der Waals surface area contributed by atoms with Gasteiger partial charge in [0, 0.05) is 18.8 Å². The van der Waals surface area contributed by atoms with Crippen LogP contribution in [0.2, 0.25) is 0 Å². The SMILES string of the molecule is NCCCn1c(=O)ccn(Cc2cccc(F)c2Br)c1=O. The van der Waals surface area contributed by atoms with E-state index in [1.54, 1.807) is 12.1 Å². The topological polar surface area (TPSA) is 70.0 Å². The van der Waals surface area contributed by atoms with E-state index in [0.717, 1.165) is 4.57 Å². The molecule has 0 amide bonds. The molecule has 21 heavy (non-hydrogen) atoms. The molecule has 1 heterocycles. The first kappa shape index (κ1) is 15.7. The number of benzene rings is 1. The van der Waals surface area contributed by atoms with Crippen LogP contribution < -0.4 is 17.0 Å². The lowest BCUT2D eigenvalue weighted by Crippen LogP contribution is -2.39. The molecular formula is C14H15BrFN3O2. The van der Waals surface area contributed by atoms with Gasteiger partial charge in [-0.15, -0.1) is 0 Å². The number of nitrogens with two attached hydrogens (primary N) is 1. The van der Waals surface area contributed by atoms with Crippen molar-refractivity contribution in [3.8, 4) is 0 Å². The van der Waals surface area contributed by atoms with E-state index < -0.39 is 11.5 Å². The molecule has 2 aromatic rings. The van der Waals surface area contributed by atoms with Gasteiger partial charge in [0.1, 0.15) is 5.82 Å². The monoisotopic (exact) mass is 355 g/mol. The van der Waals surface area contributed by atoms with E-state index in [0.29, 0.717) is 23.0 Å². The van der Waals surface area contributed by atoms with Crippen molar-refractivity contribution in [2.45, 2.75) is 19.5 Å². The molecule has 1 aromatic heterocycles. The van der Waals surface area contributed by atoms with E-state index in [4.69, 9.17) is 5.73 Å². The van der Waals surface area contributed by atoms with E-state index in [1.807, 2.05) is 0 Å². The summed E-state index contributed by atoms with van der Waals surface area (Å²) in [4.78, 5) is 24.0. The number of halogens is 2. The number of hydrogen-bond donors (Lipinski definition) is 1. The minimum Gasteiger partial charge on any atom is -0.330 e. The first-order valence-corrected chi connectivity index (χ1v) is 7.27. The van der Waals surface area contributed by atoms with Crippen LogP contribution in [-0.4, -0.2) is 15.7 Å². The van der Waals surface area contributed by atoms with Gasteiger partial charge in [-0.05, 0) is 40.5 Å².